The number of nitrogens with zero attached hydrogens (tertiary/aromatic N) is 1. The van der Waals surface area contributed by atoms with E-state index in [-0.39, 0.29) is 5.91 Å². The molecule has 0 saturated carbocycles. The van der Waals surface area contributed by atoms with Crippen molar-refractivity contribution in [2.45, 2.75) is 39.2 Å². The second kappa shape index (κ2) is 5.89. The van der Waals surface area contributed by atoms with Crippen molar-refractivity contribution in [3.63, 3.8) is 0 Å². The summed E-state index contributed by atoms with van der Waals surface area (Å²) in [5, 5.41) is 3.24. The van der Waals surface area contributed by atoms with Gasteiger partial charge in [0, 0.05) is 30.4 Å². The molecule has 0 spiro atoms. The topological polar surface area (TPSA) is 32.3 Å². The van der Waals surface area contributed by atoms with Gasteiger partial charge in [-0.15, -0.1) is 0 Å². The van der Waals surface area contributed by atoms with Gasteiger partial charge in [0.2, 0.25) is 0 Å². The van der Waals surface area contributed by atoms with Crippen LogP contribution in [0, 0.1) is 0 Å². The molecule has 1 heterocycles. The van der Waals surface area contributed by atoms with Crippen LogP contribution in [0.15, 0.2) is 24.3 Å². The summed E-state index contributed by atoms with van der Waals surface area (Å²) >= 11 is 0. The van der Waals surface area contributed by atoms with Crippen LogP contribution < -0.4 is 5.32 Å². The number of hydrogen-bond donors (Lipinski definition) is 1. The van der Waals surface area contributed by atoms with Crippen LogP contribution in [-0.4, -0.2) is 29.9 Å². The van der Waals surface area contributed by atoms with E-state index in [1.54, 1.807) is 0 Å². The van der Waals surface area contributed by atoms with E-state index in [0.29, 0.717) is 6.04 Å². The maximum Gasteiger partial charge on any atom is 0.254 e. The Hall–Kier alpha value is -1.51. The van der Waals surface area contributed by atoms with Crippen LogP contribution in [-0.2, 0) is 0 Å². The Morgan fingerprint density at radius 1 is 1.33 bits per heavy atom. The smallest absolute Gasteiger partial charge is 0.254 e. The molecule has 98 valence electrons. The number of carbonyl (C=O) groups excluding carboxylic acids is 1. The summed E-state index contributed by atoms with van der Waals surface area (Å²) in [4.78, 5) is 14.4. The first kappa shape index (κ1) is 12.9. The lowest BCUT2D eigenvalue weighted by Gasteiger charge is -2.23. The average molecular weight is 246 g/mol. The predicted octanol–water partition coefficient (Wildman–Crippen LogP) is 3.13. The molecule has 3 heteroatoms. The molecule has 0 radical (unpaired) electrons. The van der Waals surface area contributed by atoms with Crippen LogP contribution in [0.3, 0.4) is 0 Å². The van der Waals surface area contributed by atoms with Gasteiger partial charge < -0.3 is 10.2 Å². The number of rotatable bonds is 4. The Kier molecular flexibility index (Phi) is 4.24. The lowest BCUT2D eigenvalue weighted by Crippen LogP contribution is -2.35. The predicted molar refractivity (Wildman–Crippen MR) is 75.0 cm³/mol. The molecule has 1 amide bonds. The van der Waals surface area contributed by atoms with Crippen LogP contribution in [0.5, 0.6) is 0 Å². The van der Waals surface area contributed by atoms with E-state index in [0.717, 1.165) is 43.6 Å². The SMILES string of the molecule is CCNc1ccc(C(=O)N2CCCC2CC)cc1. The summed E-state index contributed by atoms with van der Waals surface area (Å²) in [6.07, 6.45) is 3.35. The standard InChI is InChI=1S/C15H22N2O/c1-3-14-6-5-11-17(14)15(18)12-7-9-13(10-8-12)16-4-2/h7-10,14,16H,3-6,11H2,1-2H3. The first-order chi connectivity index (χ1) is 8.76. The summed E-state index contributed by atoms with van der Waals surface area (Å²) in [7, 11) is 0. The van der Waals surface area contributed by atoms with Gasteiger partial charge in [-0.05, 0) is 50.5 Å². The van der Waals surface area contributed by atoms with E-state index in [9.17, 15) is 4.79 Å². The monoisotopic (exact) mass is 246 g/mol. The summed E-state index contributed by atoms with van der Waals surface area (Å²) in [5.41, 5.74) is 1.87. The highest BCUT2D eigenvalue weighted by Gasteiger charge is 2.27. The molecule has 1 aromatic rings. The van der Waals surface area contributed by atoms with Crippen LogP contribution in [0.2, 0.25) is 0 Å². The van der Waals surface area contributed by atoms with Crippen molar-refractivity contribution in [2.75, 3.05) is 18.4 Å². The number of nitrogens with one attached hydrogen (secondary N) is 1. The molecule has 0 aliphatic carbocycles. The molecule has 1 aliphatic heterocycles. The zero-order valence-corrected chi connectivity index (χ0v) is 11.3. The fourth-order valence-corrected chi connectivity index (χ4v) is 2.63. The van der Waals surface area contributed by atoms with E-state index in [1.807, 2.05) is 29.2 Å². The Balaban J connectivity index is 2.08. The van der Waals surface area contributed by atoms with Gasteiger partial charge in [-0.25, -0.2) is 0 Å². The molecule has 1 aromatic carbocycles. The first-order valence-corrected chi connectivity index (χ1v) is 6.91. The molecule has 2 rings (SSSR count). The first-order valence-electron chi connectivity index (χ1n) is 6.91. The van der Waals surface area contributed by atoms with Crippen molar-refractivity contribution >= 4 is 11.6 Å². The number of likely N-dealkylation sites (tertiary alicyclic amines) is 1. The molecule has 18 heavy (non-hydrogen) atoms. The number of hydrogen-bond acceptors (Lipinski definition) is 2. The van der Waals surface area contributed by atoms with Crippen LogP contribution >= 0.6 is 0 Å². The molecule has 0 bridgehead atoms. The van der Waals surface area contributed by atoms with Crippen molar-refractivity contribution < 1.29 is 4.79 Å². The molecule has 3 nitrogen and oxygen atoms in total. The maximum absolute atomic E-state index is 12.4. The molecular weight excluding hydrogens is 224 g/mol. The molecular formula is C15H22N2O. The maximum atomic E-state index is 12.4. The highest BCUT2D eigenvalue weighted by molar-refractivity contribution is 5.95. The second-order valence-electron chi connectivity index (χ2n) is 4.81. The Labute approximate surface area is 109 Å². The number of benzene rings is 1. The van der Waals surface area contributed by atoms with E-state index < -0.39 is 0 Å². The molecule has 1 unspecified atom stereocenters. The van der Waals surface area contributed by atoms with E-state index in [4.69, 9.17) is 0 Å². The zero-order valence-electron chi connectivity index (χ0n) is 11.3. The highest BCUT2D eigenvalue weighted by Crippen LogP contribution is 2.22. The Morgan fingerprint density at radius 3 is 2.67 bits per heavy atom. The van der Waals surface area contributed by atoms with Crippen molar-refractivity contribution in [1.29, 1.82) is 0 Å². The minimum atomic E-state index is 0.183. The van der Waals surface area contributed by atoms with Crippen molar-refractivity contribution in [3.05, 3.63) is 29.8 Å². The molecule has 1 saturated heterocycles. The van der Waals surface area contributed by atoms with E-state index in [1.165, 1.54) is 0 Å². The third kappa shape index (κ3) is 2.66. The number of amides is 1. The van der Waals surface area contributed by atoms with Gasteiger partial charge in [0.15, 0.2) is 0 Å². The molecule has 1 N–H and O–H groups in total. The fraction of sp³-hybridized carbons (Fsp3) is 0.533. The third-order valence-electron chi connectivity index (χ3n) is 3.62. The van der Waals surface area contributed by atoms with Crippen LogP contribution in [0.1, 0.15) is 43.5 Å². The van der Waals surface area contributed by atoms with Gasteiger partial charge in [0.25, 0.3) is 5.91 Å². The third-order valence-corrected chi connectivity index (χ3v) is 3.62. The van der Waals surface area contributed by atoms with E-state index >= 15 is 0 Å². The largest absolute Gasteiger partial charge is 0.385 e. The summed E-state index contributed by atoms with van der Waals surface area (Å²) in [6.45, 7) is 6.03. The normalized spacial score (nSPS) is 19.0. The lowest BCUT2D eigenvalue weighted by molar-refractivity contribution is 0.0733. The minimum absolute atomic E-state index is 0.183. The molecule has 1 aliphatic rings. The van der Waals surface area contributed by atoms with Crippen molar-refractivity contribution in [3.8, 4) is 0 Å². The van der Waals surface area contributed by atoms with E-state index in [2.05, 4.69) is 19.2 Å². The number of anilines is 1. The van der Waals surface area contributed by atoms with Crippen molar-refractivity contribution in [2.24, 2.45) is 0 Å². The summed E-state index contributed by atoms with van der Waals surface area (Å²) in [5.74, 6) is 0.183. The quantitative estimate of drug-likeness (QED) is 0.885. The fourth-order valence-electron chi connectivity index (χ4n) is 2.63. The van der Waals surface area contributed by atoms with Gasteiger partial charge in [0.05, 0.1) is 0 Å². The molecule has 0 aromatic heterocycles. The van der Waals surface area contributed by atoms with Gasteiger partial charge >= 0.3 is 0 Å². The van der Waals surface area contributed by atoms with Gasteiger partial charge in [-0.2, -0.15) is 0 Å². The highest BCUT2D eigenvalue weighted by atomic mass is 16.2. The molecule has 1 atom stereocenters. The van der Waals surface area contributed by atoms with Crippen LogP contribution in [0.25, 0.3) is 0 Å². The molecule has 1 fully saturated rings. The number of carbonyl (C=O) groups is 1. The minimum Gasteiger partial charge on any atom is -0.385 e. The van der Waals surface area contributed by atoms with Gasteiger partial charge in [0.1, 0.15) is 0 Å². The Bertz CT molecular complexity index is 399. The van der Waals surface area contributed by atoms with Gasteiger partial charge in [-0.3, -0.25) is 4.79 Å². The van der Waals surface area contributed by atoms with Crippen LogP contribution in [0.4, 0.5) is 5.69 Å². The summed E-state index contributed by atoms with van der Waals surface area (Å²) in [6, 6.07) is 8.24. The van der Waals surface area contributed by atoms with Gasteiger partial charge in [-0.1, -0.05) is 6.92 Å². The lowest BCUT2D eigenvalue weighted by atomic mass is 10.1. The Morgan fingerprint density at radius 2 is 2.06 bits per heavy atom. The second-order valence-corrected chi connectivity index (χ2v) is 4.81. The summed E-state index contributed by atoms with van der Waals surface area (Å²) < 4.78 is 0. The average Bonchev–Trinajstić information content (AvgIpc) is 2.87. The van der Waals surface area contributed by atoms with Crippen molar-refractivity contribution in [1.82, 2.24) is 4.90 Å². The zero-order chi connectivity index (χ0) is 13.0.